The number of carboxylic acids is 1. The van der Waals surface area contributed by atoms with E-state index in [1.165, 1.54) is 16.8 Å². The first-order valence-corrected chi connectivity index (χ1v) is 5.66. The molecule has 96 valence electrons. The van der Waals surface area contributed by atoms with Gasteiger partial charge in [-0.3, -0.25) is 4.57 Å². The summed E-state index contributed by atoms with van der Waals surface area (Å²) in [4.78, 5) is 25.5. The maximum Gasteiger partial charge on any atom is 0.347 e. The third kappa shape index (κ3) is 3.64. The van der Waals surface area contributed by atoms with E-state index in [1.807, 2.05) is 12.1 Å². The largest absolute Gasteiger partial charge is 0.478 e. The second kappa shape index (κ2) is 5.77. The number of benzene rings is 1. The molecule has 0 aliphatic heterocycles. The van der Waals surface area contributed by atoms with Gasteiger partial charge in [-0.05, 0) is 23.3 Å². The number of rotatable bonds is 4. The van der Waals surface area contributed by atoms with Gasteiger partial charge >= 0.3 is 11.7 Å². The van der Waals surface area contributed by atoms with Crippen molar-refractivity contribution in [3.8, 4) is 0 Å². The molecule has 0 aliphatic rings. The molecule has 0 amide bonds. The van der Waals surface area contributed by atoms with Crippen molar-refractivity contribution in [1.29, 1.82) is 0 Å². The molecule has 19 heavy (non-hydrogen) atoms. The first kappa shape index (κ1) is 12.8. The predicted molar refractivity (Wildman–Crippen MR) is 70.7 cm³/mol. The Bertz CT molecular complexity index is 657. The van der Waals surface area contributed by atoms with Crippen molar-refractivity contribution in [3.63, 3.8) is 0 Å². The van der Waals surface area contributed by atoms with Crippen LogP contribution in [0.3, 0.4) is 0 Å². The van der Waals surface area contributed by atoms with Crippen LogP contribution in [-0.2, 0) is 11.3 Å². The van der Waals surface area contributed by atoms with Crippen LogP contribution in [0.15, 0.2) is 53.6 Å². The number of carbonyl (C=O) groups is 1. The van der Waals surface area contributed by atoms with Crippen LogP contribution >= 0.6 is 0 Å². The summed E-state index contributed by atoms with van der Waals surface area (Å²) in [5.41, 5.74) is 1.45. The number of hydrogen-bond acceptors (Lipinski definition) is 3. The molecule has 0 fully saturated rings. The second-order valence-corrected chi connectivity index (χ2v) is 3.94. The van der Waals surface area contributed by atoms with Crippen LogP contribution in [0.1, 0.15) is 11.1 Å². The monoisotopic (exact) mass is 256 g/mol. The molecule has 0 spiro atoms. The van der Waals surface area contributed by atoms with Gasteiger partial charge in [0, 0.05) is 18.5 Å². The van der Waals surface area contributed by atoms with E-state index in [0.717, 1.165) is 17.2 Å². The van der Waals surface area contributed by atoms with Crippen LogP contribution in [0.4, 0.5) is 0 Å². The van der Waals surface area contributed by atoms with Gasteiger partial charge in [-0.2, -0.15) is 0 Å². The normalized spacial score (nSPS) is 10.7. The smallest absolute Gasteiger partial charge is 0.347 e. The third-order valence-corrected chi connectivity index (χ3v) is 2.53. The van der Waals surface area contributed by atoms with Gasteiger partial charge in [-0.15, -0.1) is 0 Å². The van der Waals surface area contributed by atoms with E-state index in [0.29, 0.717) is 6.54 Å². The molecule has 0 saturated heterocycles. The molecule has 2 rings (SSSR count). The molecule has 0 bridgehead atoms. The van der Waals surface area contributed by atoms with E-state index in [1.54, 1.807) is 24.4 Å². The summed E-state index contributed by atoms with van der Waals surface area (Å²) in [5.74, 6) is -0.981. The van der Waals surface area contributed by atoms with E-state index < -0.39 is 5.97 Å². The first-order valence-electron chi connectivity index (χ1n) is 5.66. The van der Waals surface area contributed by atoms with Crippen LogP contribution in [-0.4, -0.2) is 20.6 Å². The second-order valence-electron chi connectivity index (χ2n) is 3.94. The zero-order chi connectivity index (χ0) is 13.7. The van der Waals surface area contributed by atoms with Crippen molar-refractivity contribution >= 4 is 12.0 Å². The Morgan fingerprint density at radius 1 is 1.32 bits per heavy atom. The molecule has 0 atom stereocenters. The quantitative estimate of drug-likeness (QED) is 0.839. The van der Waals surface area contributed by atoms with Crippen molar-refractivity contribution in [3.05, 3.63) is 70.4 Å². The summed E-state index contributed by atoms with van der Waals surface area (Å²) >= 11 is 0. The molecule has 0 radical (unpaired) electrons. The summed E-state index contributed by atoms with van der Waals surface area (Å²) in [6, 6.07) is 9.00. The first-order chi connectivity index (χ1) is 9.15. The van der Waals surface area contributed by atoms with E-state index in [9.17, 15) is 9.59 Å². The predicted octanol–water partition coefficient (Wildman–Crippen LogP) is 1.39. The third-order valence-electron chi connectivity index (χ3n) is 2.53. The maximum atomic E-state index is 11.4. The Kier molecular flexibility index (Phi) is 3.87. The van der Waals surface area contributed by atoms with Gasteiger partial charge in [0.15, 0.2) is 0 Å². The van der Waals surface area contributed by atoms with E-state index in [4.69, 9.17) is 5.11 Å². The number of aliphatic carboxylic acids is 1. The van der Waals surface area contributed by atoms with Crippen LogP contribution in [0, 0.1) is 0 Å². The maximum absolute atomic E-state index is 11.4. The zero-order valence-corrected chi connectivity index (χ0v) is 10.1. The Hall–Kier alpha value is -2.69. The summed E-state index contributed by atoms with van der Waals surface area (Å²) in [6.45, 7) is 0.440. The van der Waals surface area contributed by atoms with Crippen molar-refractivity contribution in [2.45, 2.75) is 6.54 Å². The molecule has 2 aromatic rings. The standard InChI is InChI=1S/C14H12N2O3/c17-13(18)7-6-11-2-4-12(5-3-11)10-16-9-1-8-15-14(16)19/h1-9H,10H2,(H,17,18). The lowest BCUT2D eigenvalue weighted by atomic mass is 10.1. The molecular formula is C14H12N2O3. The lowest BCUT2D eigenvalue weighted by Gasteiger charge is -2.04. The molecule has 0 unspecified atom stereocenters. The van der Waals surface area contributed by atoms with Gasteiger partial charge in [0.05, 0.1) is 6.54 Å². The Morgan fingerprint density at radius 3 is 2.68 bits per heavy atom. The van der Waals surface area contributed by atoms with Gasteiger partial charge in [0.25, 0.3) is 0 Å². The number of nitrogens with zero attached hydrogens (tertiary/aromatic N) is 2. The average molecular weight is 256 g/mol. The fraction of sp³-hybridized carbons (Fsp3) is 0.0714. The molecule has 1 aromatic heterocycles. The Morgan fingerprint density at radius 2 is 2.05 bits per heavy atom. The van der Waals surface area contributed by atoms with Crippen molar-refractivity contribution in [1.82, 2.24) is 9.55 Å². The summed E-state index contributed by atoms with van der Waals surface area (Å²) in [7, 11) is 0. The van der Waals surface area contributed by atoms with Crippen molar-refractivity contribution < 1.29 is 9.90 Å². The lowest BCUT2D eigenvalue weighted by Crippen LogP contribution is -2.21. The van der Waals surface area contributed by atoms with E-state index in [-0.39, 0.29) is 5.69 Å². The Labute approximate surface area is 109 Å². The Balaban J connectivity index is 2.13. The molecule has 5 heteroatoms. The summed E-state index contributed by atoms with van der Waals surface area (Å²) in [6.07, 6.45) is 5.73. The topological polar surface area (TPSA) is 72.2 Å². The minimum atomic E-state index is -0.981. The highest BCUT2D eigenvalue weighted by Crippen LogP contribution is 2.07. The van der Waals surface area contributed by atoms with Gasteiger partial charge in [0.2, 0.25) is 0 Å². The highest BCUT2D eigenvalue weighted by Gasteiger charge is 1.98. The molecule has 0 aliphatic carbocycles. The van der Waals surface area contributed by atoms with Crippen LogP contribution in [0.2, 0.25) is 0 Å². The zero-order valence-electron chi connectivity index (χ0n) is 10.1. The lowest BCUT2D eigenvalue weighted by molar-refractivity contribution is -0.131. The van der Waals surface area contributed by atoms with Crippen LogP contribution in [0.25, 0.3) is 6.08 Å². The van der Waals surface area contributed by atoms with Crippen LogP contribution in [0.5, 0.6) is 0 Å². The summed E-state index contributed by atoms with van der Waals surface area (Å²) < 4.78 is 1.50. The molecule has 5 nitrogen and oxygen atoms in total. The highest BCUT2D eigenvalue weighted by atomic mass is 16.4. The van der Waals surface area contributed by atoms with E-state index in [2.05, 4.69) is 4.98 Å². The minimum Gasteiger partial charge on any atom is -0.478 e. The highest BCUT2D eigenvalue weighted by molar-refractivity contribution is 5.85. The van der Waals surface area contributed by atoms with E-state index >= 15 is 0 Å². The van der Waals surface area contributed by atoms with Crippen LogP contribution < -0.4 is 5.69 Å². The minimum absolute atomic E-state index is 0.294. The fourth-order valence-corrected chi connectivity index (χ4v) is 1.61. The van der Waals surface area contributed by atoms with Gasteiger partial charge in [-0.1, -0.05) is 24.3 Å². The number of aromatic nitrogens is 2. The fourth-order valence-electron chi connectivity index (χ4n) is 1.61. The van der Waals surface area contributed by atoms with Crippen molar-refractivity contribution in [2.24, 2.45) is 0 Å². The molecular weight excluding hydrogens is 244 g/mol. The van der Waals surface area contributed by atoms with Gasteiger partial charge in [-0.25, -0.2) is 14.6 Å². The van der Waals surface area contributed by atoms with Crippen molar-refractivity contribution in [2.75, 3.05) is 0 Å². The molecule has 1 N–H and O–H groups in total. The number of carboxylic acid groups (broad SMARTS) is 1. The molecule has 1 heterocycles. The summed E-state index contributed by atoms with van der Waals surface area (Å²) in [5, 5.41) is 8.52. The molecule has 1 aromatic carbocycles. The van der Waals surface area contributed by atoms with Gasteiger partial charge in [0.1, 0.15) is 0 Å². The number of hydrogen-bond donors (Lipinski definition) is 1. The SMILES string of the molecule is O=C(O)C=Cc1ccc(Cn2cccnc2=O)cc1. The average Bonchev–Trinajstić information content (AvgIpc) is 2.40. The molecule has 0 saturated carbocycles. The van der Waals surface area contributed by atoms with Gasteiger partial charge < -0.3 is 5.11 Å².